The molecule has 1 fully saturated rings. The van der Waals surface area contributed by atoms with E-state index >= 15 is 0 Å². The molecule has 2 atom stereocenters. The first kappa shape index (κ1) is 15.1. The van der Waals surface area contributed by atoms with Gasteiger partial charge in [0.25, 0.3) is 0 Å². The summed E-state index contributed by atoms with van der Waals surface area (Å²) in [7, 11) is 4.06. The zero-order valence-electron chi connectivity index (χ0n) is 12.6. The van der Waals surface area contributed by atoms with E-state index in [9.17, 15) is 0 Å². The minimum Gasteiger partial charge on any atom is -0.378 e. The summed E-state index contributed by atoms with van der Waals surface area (Å²) >= 11 is 1.54. The summed E-state index contributed by atoms with van der Waals surface area (Å²) in [6.07, 6.45) is 0.0716. The molecule has 1 saturated heterocycles. The van der Waals surface area contributed by atoms with Crippen molar-refractivity contribution in [3.8, 4) is 0 Å². The average Bonchev–Trinajstić information content (AvgIpc) is 3.14. The molecule has 0 bridgehead atoms. The van der Waals surface area contributed by atoms with Gasteiger partial charge in [-0.2, -0.15) is 4.98 Å². The van der Waals surface area contributed by atoms with Crippen LogP contribution in [0.5, 0.6) is 0 Å². The Balaban J connectivity index is 1.53. The second kappa shape index (κ2) is 6.55. The van der Waals surface area contributed by atoms with Crippen molar-refractivity contribution in [3.05, 3.63) is 29.8 Å². The molecule has 7 nitrogen and oxygen atoms in total. The largest absolute Gasteiger partial charge is 0.378 e. The van der Waals surface area contributed by atoms with Crippen molar-refractivity contribution in [2.24, 2.45) is 0 Å². The highest BCUT2D eigenvalue weighted by Gasteiger charge is 2.26. The maximum Gasteiger partial charge on any atom is 0.216 e. The lowest BCUT2D eigenvalue weighted by Crippen LogP contribution is -2.17. The number of benzene rings is 1. The van der Waals surface area contributed by atoms with Crippen molar-refractivity contribution in [2.75, 3.05) is 37.0 Å². The van der Waals surface area contributed by atoms with Gasteiger partial charge in [0, 0.05) is 32.1 Å². The molecule has 8 heteroatoms. The number of anilines is 2. The molecule has 0 spiro atoms. The SMILES string of the molecule is CN(C)c1ccc([C@H]2NC[C@@H](CSc3n[nH]c(N)n3)O2)cc1. The molecule has 1 aliphatic rings. The molecule has 0 radical (unpaired) electrons. The van der Waals surface area contributed by atoms with Gasteiger partial charge in [0.15, 0.2) is 0 Å². The number of ether oxygens (including phenoxy) is 1. The van der Waals surface area contributed by atoms with Crippen LogP contribution in [0.3, 0.4) is 0 Å². The van der Waals surface area contributed by atoms with E-state index < -0.39 is 0 Å². The number of nitrogen functional groups attached to an aromatic ring is 1. The first-order chi connectivity index (χ1) is 10.6. The zero-order valence-corrected chi connectivity index (χ0v) is 13.4. The number of nitrogens with two attached hydrogens (primary N) is 1. The fraction of sp³-hybridized carbons (Fsp3) is 0.429. The van der Waals surface area contributed by atoms with Gasteiger partial charge in [-0.3, -0.25) is 5.32 Å². The van der Waals surface area contributed by atoms with E-state index in [1.807, 2.05) is 14.1 Å². The minimum atomic E-state index is -0.0565. The number of nitrogens with zero attached hydrogens (tertiary/aromatic N) is 3. The molecule has 2 aromatic rings. The quantitative estimate of drug-likeness (QED) is 0.714. The Morgan fingerprint density at radius 3 is 2.77 bits per heavy atom. The van der Waals surface area contributed by atoms with Crippen molar-refractivity contribution in [3.63, 3.8) is 0 Å². The van der Waals surface area contributed by atoms with Crippen LogP contribution in [0.25, 0.3) is 0 Å². The normalized spacial score (nSPS) is 21.2. The molecule has 1 aromatic heterocycles. The minimum absolute atomic E-state index is 0.0565. The van der Waals surface area contributed by atoms with Gasteiger partial charge in [0.05, 0.1) is 6.10 Å². The molecule has 4 N–H and O–H groups in total. The van der Waals surface area contributed by atoms with E-state index in [0.717, 1.165) is 17.9 Å². The van der Waals surface area contributed by atoms with Crippen LogP contribution in [-0.2, 0) is 4.74 Å². The number of rotatable bonds is 5. The molecule has 1 aliphatic heterocycles. The number of aromatic nitrogens is 3. The summed E-state index contributed by atoms with van der Waals surface area (Å²) < 4.78 is 6.03. The van der Waals surface area contributed by atoms with Crippen LogP contribution in [0.2, 0.25) is 0 Å². The summed E-state index contributed by atoms with van der Waals surface area (Å²) in [5.74, 6) is 1.13. The van der Waals surface area contributed by atoms with Crippen LogP contribution in [0.15, 0.2) is 29.4 Å². The highest BCUT2D eigenvalue weighted by Crippen LogP contribution is 2.26. The Kier molecular flexibility index (Phi) is 4.51. The molecule has 2 heterocycles. The summed E-state index contributed by atoms with van der Waals surface area (Å²) in [6, 6.07) is 8.38. The Labute approximate surface area is 133 Å². The van der Waals surface area contributed by atoms with Crippen LogP contribution >= 0.6 is 11.8 Å². The predicted molar refractivity (Wildman–Crippen MR) is 87.9 cm³/mol. The van der Waals surface area contributed by atoms with Gasteiger partial charge in [-0.05, 0) is 17.7 Å². The lowest BCUT2D eigenvalue weighted by atomic mass is 10.2. The van der Waals surface area contributed by atoms with Crippen molar-refractivity contribution >= 4 is 23.4 Å². The standard InChI is InChI=1S/C14H20N6OS/c1-20(2)10-5-3-9(4-6-10)12-16-7-11(21-12)8-22-14-17-13(15)18-19-14/h3-6,11-12,16H,7-8H2,1-2H3,(H3,15,17,18,19)/t11-,12-/m0/s1. The highest BCUT2D eigenvalue weighted by atomic mass is 32.2. The monoisotopic (exact) mass is 320 g/mol. The molecule has 0 saturated carbocycles. The summed E-state index contributed by atoms with van der Waals surface area (Å²) in [5.41, 5.74) is 7.82. The van der Waals surface area contributed by atoms with Gasteiger partial charge in [0.2, 0.25) is 11.1 Å². The van der Waals surface area contributed by atoms with Crippen molar-refractivity contribution in [1.82, 2.24) is 20.5 Å². The van der Waals surface area contributed by atoms with Gasteiger partial charge in [-0.25, -0.2) is 5.10 Å². The Morgan fingerprint density at radius 2 is 2.14 bits per heavy atom. The Hall–Kier alpha value is -1.77. The molecular weight excluding hydrogens is 300 g/mol. The van der Waals surface area contributed by atoms with Crippen LogP contribution in [0.1, 0.15) is 11.8 Å². The van der Waals surface area contributed by atoms with E-state index in [1.165, 1.54) is 17.4 Å². The van der Waals surface area contributed by atoms with Crippen molar-refractivity contribution in [2.45, 2.75) is 17.5 Å². The zero-order chi connectivity index (χ0) is 15.5. The summed E-state index contributed by atoms with van der Waals surface area (Å²) in [5, 5.41) is 10.7. The van der Waals surface area contributed by atoms with Crippen LogP contribution in [-0.4, -0.2) is 47.7 Å². The van der Waals surface area contributed by atoms with Crippen LogP contribution < -0.4 is 16.0 Å². The molecule has 0 aliphatic carbocycles. The molecular formula is C14H20N6OS. The Morgan fingerprint density at radius 1 is 1.36 bits per heavy atom. The first-order valence-electron chi connectivity index (χ1n) is 7.08. The number of H-pyrrole nitrogens is 1. The van der Waals surface area contributed by atoms with Gasteiger partial charge in [0.1, 0.15) is 6.23 Å². The van der Waals surface area contributed by atoms with Gasteiger partial charge >= 0.3 is 0 Å². The molecule has 0 amide bonds. The fourth-order valence-corrected chi connectivity index (χ4v) is 3.06. The second-order valence-corrected chi connectivity index (χ2v) is 6.33. The first-order valence-corrected chi connectivity index (χ1v) is 8.07. The topological polar surface area (TPSA) is 92.1 Å². The van der Waals surface area contributed by atoms with Gasteiger partial charge in [-0.15, -0.1) is 5.10 Å². The summed E-state index contributed by atoms with van der Waals surface area (Å²) in [6.45, 7) is 0.813. The molecule has 0 unspecified atom stereocenters. The third-order valence-corrected chi connectivity index (χ3v) is 4.43. The van der Waals surface area contributed by atoms with E-state index in [4.69, 9.17) is 10.5 Å². The highest BCUT2D eigenvalue weighted by molar-refractivity contribution is 7.99. The average molecular weight is 320 g/mol. The molecule has 22 heavy (non-hydrogen) atoms. The van der Waals surface area contributed by atoms with E-state index in [-0.39, 0.29) is 12.3 Å². The summed E-state index contributed by atoms with van der Waals surface area (Å²) in [4.78, 5) is 6.15. The van der Waals surface area contributed by atoms with Crippen molar-refractivity contribution in [1.29, 1.82) is 0 Å². The van der Waals surface area contributed by atoms with E-state index in [1.54, 1.807) is 0 Å². The lowest BCUT2D eigenvalue weighted by Gasteiger charge is -2.16. The van der Waals surface area contributed by atoms with E-state index in [0.29, 0.717) is 11.1 Å². The van der Waals surface area contributed by atoms with Gasteiger partial charge in [-0.1, -0.05) is 23.9 Å². The number of thioether (sulfide) groups is 1. The smallest absolute Gasteiger partial charge is 0.216 e. The fourth-order valence-electron chi connectivity index (χ4n) is 2.26. The number of nitrogens with one attached hydrogen (secondary N) is 2. The Bertz CT molecular complexity index is 614. The maximum atomic E-state index is 6.03. The number of aromatic amines is 1. The second-order valence-electron chi connectivity index (χ2n) is 5.35. The number of hydrogen-bond donors (Lipinski definition) is 3. The third kappa shape index (κ3) is 3.52. The van der Waals surface area contributed by atoms with Crippen molar-refractivity contribution < 1.29 is 4.74 Å². The molecule has 3 rings (SSSR count). The predicted octanol–water partition coefficient (Wildman–Crippen LogP) is 1.23. The lowest BCUT2D eigenvalue weighted by molar-refractivity contribution is 0.0534. The van der Waals surface area contributed by atoms with E-state index in [2.05, 4.69) is 49.7 Å². The third-order valence-electron chi connectivity index (χ3n) is 3.45. The molecule has 118 valence electrons. The van der Waals surface area contributed by atoms with Crippen LogP contribution in [0.4, 0.5) is 11.6 Å². The maximum absolute atomic E-state index is 6.03. The van der Waals surface area contributed by atoms with Gasteiger partial charge < -0.3 is 15.4 Å². The molecule has 1 aromatic carbocycles. The van der Waals surface area contributed by atoms with Crippen LogP contribution in [0, 0.1) is 0 Å². The number of hydrogen-bond acceptors (Lipinski definition) is 7.